The third kappa shape index (κ3) is 2.87. The van der Waals surface area contributed by atoms with Crippen LogP contribution >= 0.6 is 22.9 Å². The van der Waals surface area contributed by atoms with Crippen molar-refractivity contribution in [2.24, 2.45) is 0 Å². The topological polar surface area (TPSA) is 69.6 Å². The van der Waals surface area contributed by atoms with Gasteiger partial charge in [0.2, 0.25) is 0 Å². The van der Waals surface area contributed by atoms with Gasteiger partial charge in [-0.15, -0.1) is 11.3 Å². The summed E-state index contributed by atoms with van der Waals surface area (Å²) in [7, 11) is 0. The van der Waals surface area contributed by atoms with Crippen LogP contribution in [0.25, 0.3) is 0 Å². The maximum Gasteiger partial charge on any atom is 0.328 e. The van der Waals surface area contributed by atoms with Crippen molar-refractivity contribution in [3.63, 3.8) is 0 Å². The van der Waals surface area contributed by atoms with Gasteiger partial charge in [0.1, 0.15) is 6.04 Å². The molecule has 0 unspecified atom stereocenters. The Bertz CT molecular complexity index is 302. The highest BCUT2D eigenvalue weighted by Gasteiger charge is 2.15. The Morgan fingerprint density at radius 1 is 1.69 bits per heavy atom. The number of hydrogen-bond acceptors (Lipinski definition) is 4. The number of thiophene rings is 1. The van der Waals surface area contributed by atoms with E-state index in [-0.39, 0.29) is 0 Å². The van der Waals surface area contributed by atoms with Gasteiger partial charge in [0.15, 0.2) is 0 Å². The first-order valence-electron chi connectivity index (χ1n) is 3.49. The molecule has 0 aliphatic heterocycles. The van der Waals surface area contributed by atoms with Crippen LogP contribution in [0.3, 0.4) is 0 Å². The van der Waals surface area contributed by atoms with Crippen molar-refractivity contribution in [3.05, 3.63) is 16.5 Å². The van der Waals surface area contributed by atoms with E-state index in [1.807, 2.05) is 0 Å². The minimum atomic E-state index is -1.09. The molecule has 4 nitrogen and oxygen atoms in total. The second kappa shape index (κ2) is 4.45. The zero-order valence-electron chi connectivity index (χ0n) is 6.53. The number of carboxylic acids is 1. The van der Waals surface area contributed by atoms with Gasteiger partial charge in [0.05, 0.1) is 15.9 Å². The SMILES string of the molecule is O=C(O)[C@H](CO)Nc1ccc(Cl)s1. The number of nitrogens with one attached hydrogen (secondary N) is 1. The normalized spacial score (nSPS) is 12.5. The van der Waals surface area contributed by atoms with E-state index >= 15 is 0 Å². The number of aliphatic hydroxyl groups is 1. The van der Waals surface area contributed by atoms with Crippen molar-refractivity contribution in [3.8, 4) is 0 Å². The van der Waals surface area contributed by atoms with Crippen LogP contribution in [-0.4, -0.2) is 28.8 Å². The van der Waals surface area contributed by atoms with Crippen molar-refractivity contribution in [1.82, 2.24) is 0 Å². The van der Waals surface area contributed by atoms with Crippen molar-refractivity contribution >= 4 is 33.9 Å². The zero-order valence-corrected chi connectivity index (χ0v) is 8.10. The Hall–Kier alpha value is -0.780. The van der Waals surface area contributed by atoms with E-state index in [4.69, 9.17) is 21.8 Å². The fourth-order valence-electron chi connectivity index (χ4n) is 0.749. The Morgan fingerprint density at radius 2 is 2.38 bits per heavy atom. The molecule has 72 valence electrons. The average Bonchev–Trinajstić information content (AvgIpc) is 2.46. The lowest BCUT2D eigenvalue weighted by molar-refractivity contribution is -0.138. The summed E-state index contributed by atoms with van der Waals surface area (Å²) in [4.78, 5) is 10.5. The third-order valence-electron chi connectivity index (χ3n) is 1.37. The summed E-state index contributed by atoms with van der Waals surface area (Å²) in [6.45, 7) is -0.454. The maximum atomic E-state index is 10.5. The molecule has 0 aliphatic carbocycles. The van der Waals surface area contributed by atoms with Gasteiger partial charge in [-0.25, -0.2) is 4.79 Å². The van der Waals surface area contributed by atoms with Crippen molar-refractivity contribution in [1.29, 1.82) is 0 Å². The highest BCUT2D eigenvalue weighted by atomic mass is 35.5. The Labute approximate surface area is 83.8 Å². The van der Waals surface area contributed by atoms with E-state index < -0.39 is 18.6 Å². The summed E-state index contributed by atoms with van der Waals surface area (Å²) in [5.41, 5.74) is 0. The number of carbonyl (C=O) groups is 1. The molecule has 0 spiro atoms. The second-order valence-corrected chi connectivity index (χ2v) is 4.04. The molecule has 0 aromatic carbocycles. The molecule has 6 heteroatoms. The average molecular weight is 222 g/mol. The molecule has 1 heterocycles. The molecule has 1 aromatic rings. The van der Waals surface area contributed by atoms with Gasteiger partial charge >= 0.3 is 5.97 Å². The second-order valence-electron chi connectivity index (χ2n) is 2.32. The summed E-state index contributed by atoms with van der Waals surface area (Å²) in [5, 5.41) is 20.5. The molecule has 0 saturated heterocycles. The minimum Gasteiger partial charge on any atom is -0.480 e. The van der Waals surface area contributed by atoms with Crippen molar-refractivity contribution in [2.45, 2.75) is 6.04 Å². The smallest absolute Gasteiger partial charge is 0.328 e. The minimum absolute atomic E-state index is 0.454. The lowest BCUT2D eigenvalue weighted by Crippen LogP contribution is -2.32. The summed E-state index contributed by atoms with van der Waals surface area (Å²) in [5.74, 6) is -1.09. The lowest BCUT2D eigenvalue weighted by Gasteiger charge is -2.10. The maximum absolute atomic E-state index is 10.5. The number of aliphatic carboxylic acids is 1. The molecule has 0 aliphatic rings. The number of hydrogen-bond donors (Lipinski definition) is 3. The molecule has 1 atom stereocenters. The Morgan fingerprint density at radius 3 is 2.77 bits per heavy atom. The fraction of sp³-hybridized carbons (Fsp3) is 0.286. The summed E-state index contributed by atoms with van der Waals surface area (Å²) in [6.07, 6.45) is 0. The van der Waals surface area contributed by atoms with Crippen LogP contribution in [0.1, 0.15) is 0 Å². The summed E-state index contributed by atoms with van der Waals surface area (Å²) >= 11 is 6.86. The van der Waals surface area contributed by atoms with Crippen LogP contribution in [0.15, 0.2) is 12.1 Å². The van der Waals surface area contributed by atoms with E-state index in [1.54, 1.807) is 12.1 Å². The Balaban J connectivity index is 2.61. The summed E-state index contributed by atoms with van der Waals surface area (Å²) < 4.78 is 0.574. The molecule has 3 N–H and O–H groups in total. The number of aliphatic hydroxyl groups excluding tert-OH is 1. The van der Waals surface area contributed by atoms with Gasteiger partial charge in [-0.1, -0.05) is 11.6 Å². The highest BCUT2D eigenvalue weighted by molar-refractivity contribution is 7.19. The quantitative estimate of drug-likeness (QED) is 0.716. The molecule has 0 fully saturated rings. The van der Waals surface area contributed by atoms with Gasteiger partial charge in [0, 0.05) is 0 Å². The molecule has 0 bridgehead atoms. The molecular weight excluding hydrogens is 214 g/mol. The molecule has 13 heavy (non-hydrogen) atoms. The predicted octanol–water partition coefficient (Wildman–Crippen LogP) is 1.26. The molecule has 0 saturated carbocycles. The van der Waals surface area contributed by atoms with E-state index in [0.717, 1.165) is 0 Å². The first-order chi connectivity index (χ1) is 6.13. The van der Waals surface area contributed by atoms with Gasteiger partial charge in [-0.3, -0.25) is 0 Å². The van der Waals surface area contributed by atoms with E-state index in [1.165, 1.54) is 11.3 Å². The lowest BCUT2D eigenvalue weighted by atomic mass is 10.3. The van der Waals surface area contributed by atoms with Crippen LogP contribution in [0.5, 0.6) is 0 Å². The largest absolute Gasteiger partial charge is 0.480 e. The Kier molecular flexibility index (Phi) is 3.53. The standard InChI is InChI=1S/C7H8ClNO3S/c8-5-1-2-6(13-5)9-4(3-10)7(11)12/h1-2,4,9-10H,3H2,(H,11,12)/t4-/m0/s1. The van der Waals surface area contributed by atoms with Crippen LogP contribution in [0, 0.1) is 0 Å². The molecule has 0 radical (unpaired) electrons. The molecule has 0 amide bonds. The van der Waals surface area contributed by atoms with Gasteiger partial charge < -0.3 is 15.5 Å². The number of rotatable bonds is 4. The highest BCUT2D eigenvalue weighted by Crippen LogP contribution is 2.26. The van der Waals surface area contributed by atoms with Gasteiger partial charge in [-0.2, -0.15) is 0 Å². The van der Waals surface area contributed by atoms with Crippen LogP contribution in [-0.2, 0) is 4.79 Å². The molecule has 1 rings (SSSR count). The predicted molar refractivity (Wildman–Crippen MR) is 51.5 cm³/mol. The monoisotopic (exact) mass is 221 g/mol. The van der Waals surface area contributed by atoms with E-state index in [9.17, 15) is 4.79 Å². The molecular formula is C7H8ClNO3S. The number of anilines is 1. The summed E-state index contributed by atoms with van der Waals surface area (Å²) in [6, 6.07) is 2.35. The first-order valence-corrected chi connectivity index (χ1v) is 4.68. The van der Waals surface area contributed by atoms with Gasteiger partial charge in [0.25, 0.3) is 0 Å². The number of carboxylic acid groups (broad SMARTS) is 1. The van der Waals surface area contributed by atoms with E-state index in [0.29, 0.717) is 9.34 Å². The van der Waals surface area contributed by atoms with Crippen LogP contribution < -0.4 is 5.32 Å². The van der Waals surface area contributed by atoms with Gasteiger partial charge in [-0.05, 0) is 12.1 Å². The molecule has 1 aromatic heterocycles. The number of halogens is 1. The third-order valence-corrected chi connectivity index (χ3v) is 2.53. The van der Waals surface area contributed by atoms with E-state index in [2.05, 4.69) is 5.32 Å². The van der Waals surface area contributed by atoms with Crippen molar-refractivity contribution in [2.75, 3.05) is 11.9 Å². The zero-order chi connectivity index (χ0) is 9.84. The van der Waals surface area contributed by atoms with Crippen LogP contribution in [0.2, 0.25) is 4.34 Å². The van der Waals surface area contributed by atoms with Crippen LogP contribution in [0.4, 0.5) is 5.00 Å². The van der Waals surface area contributed by atoms with Crippen molar-refractivity contribution < 1.29 is 15.0 Å². The fourth-order valence-corrected chi connectivity index (χ4v) is 1.74. The first kappa shape index (κ1) is 10.3.